The summed E-state index contributed by atoms with van der Waals surface area (Å²) in [6.07, 6.45) is 10.1. The minimum Gasteiger partial charge on any atom is -0.395 e. The average molecular weight is 338 g/mol. The first kappa shape index (κ1) is 18.2. The van der Waals surface area contributed by atoms with Crippen molar-refractivity contribution >= 4 is 5.91 Å². The number of nitrogens with one attached hydrogen (secondary N) is 1. The number of aliphatic hydroxyl groups is 1. The topological polar surface area (TPSA) is 55.8 Å². The number of hydrogen-bond donors (Lipinski definition) is 2. The van der Waals surface area contributed by atoms with Gasteiger partial charge in [-0.1, -0.05) is 12.8 Å². The third kappa shape index (κ3) is 4.70. The molecule has 2 atom stereocenters. The summed E-state index contributed by atoms with van der Waals surface area (Å²) in [6, 6.07) is 0.531. The molecule has 2 N–H and O–H groups in total. The lowest BCUT2D eigenvalue weighted by molar-refractivity contribution is -0.136. The molecule has 3 rings (SSSR count). The fraction of sp³-hybridized carbons (Fsp3) is 0.947. The smallest absolute Gasteiger partial charge is 0.236 e. The Morgan fingerprint density at radius 1 is 1.00 bits per heavy atom. The van der Waals surface area contributed by atoms with Crippen LogP contribution in [0.1, 0.15) is 51.4 Å². The van der Waals surface area contributed by atoms with Crippen LogP contribution < -0.4 is 5.32 Å². The fourth-order valence-electron chi connectivity index (χ4n) is 4.97. The summed E-state index contributed by atoms with van der Waals surface area (Å²) in [5.41, 5.74) is 0. The van der Waals surface area contributed by atoms with Crippen molar-refractivity contribution in [3.05, 3.63) is 0 Å². The third-order valence-electron chi connectivity index (χ3n) is 6.40. The Bertz CT molecular complexity index is 394. The Kier molecular flexibility index (Phi) is 6.93. The Labute approximate surface area is 146 Å². The van der Waals surface area contributed by atoms with Gasteiger partial charge in [-0.3, -0.25) is 4.79 Å². The highest BCUT2D eigenvalue weighted by Gasteiger charge is 2.35. The predicted molar refractivity (Wildman–Crippen MR) is 95.8 cm³/mol. The molecule has 0 unspecified atom stereocenters. The fourth-order valence-corrected chi connectivity index (χ4v) is 4.97. The monoisotopic (exact) mass is 337 g/mol. The second-order valence-electron chi connectivity index (χ2n) is 7.98. The zero-order valence-electron chi connectivity index (χ0n) is 15.1. The van der Waals surface area contributed by atoms with Crippen LogP contribution >= 0.6 is 0 Å². The van der Waals surface area contributed by atoms with E-state index in [9.17, 15) is 4.79 Å². The maximum absolute atomic E-state index is 12.7. The van der Waals surface area contributed by atoms with Gasteiger partial charge < -0.3 is 20.2 Å². The van der Waals surface area contributed by atoms with Gasteiger partial charge in [-0.05, 0) is 70.0 Å². The molecule has 0 aromatic rings. The quantitative estimate of drug-likeness (QED) is 0.770. The second kappa shape index (κ2) is 9.16. The van der Waals surface area contributed by atoms with Crippen LogP contribution in [0.3, 0.4) is 0 Å². The van der Waals surface area contributed by atoms with E-state index in [0.29, 0.717) is 24.4 Å². The van der Waals surface area contributed by atoms with Crippen molar-refractivity contribution in [3.63, 3.8) is 0 Å². The molecule has 0 spiro atoms. The Morgan fingerprint density at radius 3 is 2.54 bits per heavy atom. The van der Waals surface area contributed by atoms with Crippen molar-refractivity contribution in [1.82, 2.24) is 15.1 Å². The molecule has 0 radical (unpaired) electrons. The molecule has 3 aliphatic rings. The van der Waals surface area contributed by atoms with Gasteiger partial charge in [0.1, 0.15) is 0 Å². The molecule has 3 fully saturated rings. The number of nitrogens with zero attached hydrogens (tertiary/aromatic N) is 2. The number of amides is 1. The van der Waals surface area contributed by atoms with Crippen LogP contribution in [0.15, 0.2) is 0 Å². The van der Waals surface area contributed by atoms with Crippen molar-refractivity contribution in [2.24, 2.45) is 11.8 Å². The number of likely N-dealkylation sites (tertiary alicyclic amines) is 2. The van der Waals surface area contributed by atoms with E-state index in [-0.39, 0.29) is 6.61 Å². The summed E-state index contributed by atoms with van der Waals surface area (Å²) in [6.45, 7) is 5.67. The standard InChI is InChI=1S/C19H35N3O2/c23-13-12-21-10-7-16(8-11-21)14-20-15-19(24)22-9-3-5-17-4-1-2-6-18(17)22/h16-18,20,23H,1-15H2/t17-,18-/m1/s1. The second-order valence-corrected chi connectivity index (χ2v) is 7.98. The van der Waals surface area contributed by atoms with Gasteiger partial charge in [-0.15, -0.1) is 0 Å². The van der Waals surface area contributed by atoms with Crippen LogP contribution in [0.5, 0.6) is 0 Å². The predicted octanol–water partition coefficient (Wildman–Crippen LogP) is 1.46. The van der Waals surface area contributed by atoms with Gasteiger partial charge in [-0.25, -0.2) is 0 Å². The molecule has 0 aromatic heterocycles. The SMILES string of the molecule is O=C(CNCC1CCN(CCO)CC1)N1CCC[C@H]2CCCC[C@H]21. The molecule has 0 bridgehead atoms. The third-order valence-corrected chi connectivity index (χ3v) is 6.40. The first-order valence-electron chi connectivity index (χ1n) is 10.1. The number of piperidine rings is 2. The van der Waals surface area contributed by atoms with Gasteiger partial charge >= 0.3 is 0 Å². The highest BCUT2D eigenvalue weighted by Crippen LogP contribution is 2.35. The summed E-state index contributed by atoms with van der Waals surface area (Å²) < 4.78 is 0. The highest BCUT2D eigenvalue weighted by molar-refractivity contribution is 5.78. The highest BCUT2D eigenvalue weighted by atomic mass is 16.3. The normalized spacial score (nSPS) is 29.5. The summed E-state index contributed by atoms with van der Waals surface area (Å²) in [5.74, 6) is 1.77. The largest absolute Gasteiger partial charge is 0.395 e. The average Bonchev–Trinajstić information content (AvgIpc) is 2.63. The van der Waals surface area contributed by atoms with Gasteiger partial charge in [0.15, 0.2) is 0 Å². The molecule has 138 valence electrons. The van der Waals surface area contributed by atoms with E-state index in [1.165, 1.54) is 51.4 Å². The number of aliphatic hydroxyl groups excluding tert-OH is 1. The molecule has 24 heavy (non-hydrogen) atoms. The molecule has 5 heteroatoms. The van der Waals surface area contributed by atoms with E-state index >= 15 is 0 Å². The lowest BCUT2D eigenvalue weighted by Crippen LogP contribution is -2.52. The van der Waals surface area contributed by atoms with Gasteiger partial charge in [0.2, 0.25) is 5.91 Å². The van der Waals surface area contributed by atoms with E-state index in [1.54, 1.807) is 0 Å². The number of β-amino-alcohol motifs (C(OH)–C–C–N with tert-alkyl or cyclic N) is 1. The number of rotatable bonds is 6. The summed E-state index contributed by atoms with van der Waals surface area (Å²) >= 11 is 0. The van der Waals surface area contributed by atoms with Gasteiger partial charge in [0.05, 0.1) is 13.2 Å². The van der Waals surface area contributed by atoms with E-state index in [1.807, 2.05) is 0 Å². The molecule has 1 saturated carbocycles. The number of carbonyl (C=O) groups excluding carboxylic acids is 1. The van der Waals surface area contributed by atoms with Crippen LogP contribution in [0.4, 0.5) is 0 Å². The summed E-state index contributed by atoms with van der Waals surface area (Å²) in [7, 11) is 0. The van der Waals surface area contributed by atoms with Crippen molar-refractivity contribution in [1.29, 1.82) is 0 Å². The van der Waals surface area contributed by atoms with Gasteiger partial charge in [0, 0.05) is 19.1 Å². The van der Waals surface area contributed by atoms with Crippen LogP contribution in [0, 0.1) is 11.8 Å². The van der Waals surface area contributed by atoms with Crippen molar-refractivity contribution in [3.8, 4) is 0 Å². The Balaban J connectivity index is 1.36. The number of carbonyl (C=O) groups is 1. The molecule has 2 saturated heterocycles. The first-order chi connectivity index (χ1) is 11.8. The van der Waals surface area contributed by atoms with Crippen molar-refractivity contribution in [2.75, 3.05) is 45.9 Å². The minimum absolute atomic E-state index is 0.259. The number of hydrogen-bond acceptors (Lipinski definition) is 4. The van der Waals surface area contributed by atoms with Gasteiger partial charge in [-0.2, -0.15) is 0 Å². The molecular weight excluding hydrogens is 302 g/mol. The lowest BCUT2D eigenvalue weighted by Gasteiger charge is -2.44. The maximum atomic E-state index is 12.7. The van der Waals surface area contributed by atoms with E-state index < -0.39 is 0 Å². The molecule has 1 amide bonds. The lowest BCUT2D eigenvalue weighted by atomic mass is 9.78. The number of fused-ring (bicyclic) bond motifs is 1. The van der Waals surface area contributed by atoms with Crippen LogP contribution in [-0.4, -0.2) is 72.7 Å². The maximum Gasteiger partial charge on any atom is 0.236 e. The van der Waals surface area contributed by atoms with Crippen LogP contribution in [-0.2, 0) is 4.79 Å². The Hall–Kier alpha value is -0.650. The molecule has 2 aliphatic heterocycles. The van der Waals surface area contributed by atoms with Gasteiger partial charge in [0.25, 0.3) is 0 Å². The molecule has 2 heterocycles. The van der Waals surface area contributed by atoms with E-state index in [2.05, 4.69) is 15.1 Å². The minimum atomic E-state index is 0.259. The summed E-state index contributed by atoms with van der Waals surface area (Å²) in [5, 5.41) is 12.4. The van der Waals surface area contributed by atoms with Crippen LogP contribution in [0.25, 0.3) is 0 Å². The molecular formula is C19H35N3O2. The first-order valence-corrected chi connectivity index (χ1v) is 10.1. The molecule has 5 nitrogen and oxygen atoms in total. The zero-order chi connectivity index (χ0) is 16.8. The van der Waals surface area contributed by atoms with E-state index in [0.717, 1.165) is 38.6 Å². The zero-order valence-corrected chi connectivity index (χ0v) is 15.1. The summed E-state index contributed by atoms with van der Waals surface area (Å²) in [4.78, 5) is 17.2. The van der Waals surface area contributed by atoms with Crippen molar-refractivity contribution in [2.45, 2.75) is 57.4 Å². The molecule has 1 aliphatic carbocycles. The van der Waals surface area contributed by atoms with Crippen molar-refractivity contribution < 1.29 is 9.90 Å². The van der Waals surface area contributed by atoms with E-state index in [4.69, 9.17) is 5.11 Å². The Morgan fingerprint density at radius 2 is 1.75 bits per heavy atom. The molecule has 0 aromatic carbocycles. The van der Waals surface area contributed by atoms with Crippen LogP contribution in [0.2, 0.25) is 0 Å².